The van der Waals surface area contributed by atoms with Crippen LogP contribution in [0, 0.1) is 5.92 Å². The Labute approximate surface area is 163 Å². The molecule has 5 nitrogen and oxygen atoms in total. The summed E-state index contributed by atoms with van der Waals surface area (Å²) in [5.74, 6) is 1.15. The highest BCUT2D eigenvalue weighted by Crippen LogP contribution is 2.22. The molecule has 2 amide bonds. The van der Waals surface area contributed by atoms with Gasteiger partial charge in [0.1, 0.15) is 12.4 Å². The average Bonchev–Trinajstić information content (AvgIpc) is 2.63. The van der Waals surface area contributed by atoms with Crippen LogP contribution in [0.5, 0.6) is 5.75 Å². The number of nitrogens with zero attached hydrogens (tertiary/aromatic N) is 2. The fourth-order valence-corrected chi connectivity index (χ4v) is 3.67. The molecule has 1 aromatic carbocycles. The maximum absolute atomic E-state index is 12.8. The summed E-state index contributed by atoms with van der Waals surface area (Å²) in [4.78, 5) is 28.8. The second-order valence-corrected chi connectivity index (χ2v) is 7.94. The molecule has 0 aliphatic carbocycles. The van der Waals surface area contributed by atoms with Gasteiger partial charge in [-0.3, -0.25) is 9.59 Å². The van der Waals surface area contributed by atoms with E-state index >= 15 is 0 Å². The fourth-order valence-electron chi connectivity index (χ4n) is 3.67. The average molecular weight is 375 g/mol. The Morgan fingerprint density at radius 3 is 2.48 bits per heavy atom. The van der Waals surface area contributed by atoms with E-state index in [1.165, 1.54) is 0 Å². The molecule has 0 fully saturated rings. The molecule has 0 radical (unpaired) electrons. The van der Waals surface area contributed by atoms with Gasteiger partial charge < -0.3 is 14.5 Å². The van der Waals surface area contributed by atoms with Crippen LogP contribution in [0.3, 0.4) is 0 Å². The summed E-state index contributed by atoms with van der Waals surface area (Å²) < 4.78 is 6.10. The van der Waals surface area contributed by atoms with Gasteiger partial charge in [0, 0.05) is 27.1 Å². The monoisotopic (exact) mass is 374 g/mol. The SMILES string of the molecule is CC(=O)N1CCCCCCN(C)C(=O)c2ccccc2OC[C@@H]1CC(C)C. The van der Waals surface area contributed by atoms with Crippen LogP contribution in [-0.2, 0) is 4.79 Å². The lowest BCUT2D eigenvalue weighted by Crippen LogP contribution is -2.44. The van der Waals surface area contributed by atoms with Gasteiger partial charge in [-0.25, -0.2) is 0 Å². The van der Waals surface area contributed by atoms with Crippen molar-refractivity contribution in [3.8, 4) is 5.75 Å². The van der Waals surface area contributed by atoms with Gasteiger partial charge in [-0.1, -0.05) is 38.8 Å². The van der Waals surface area contributed by atoms with Gasteiger partial charge in [0.25, 0.3) is 5.91 Å². The van der Waals surface area contributed by atoms with Gasteiger partial charge in [0.15, 0.2) is 0 Å². The predicted molar refractivity (Wildman–Crippen MR) is 108 cm³/mol. The Balaban J connectivity index is 2.29. The molecule has 5 heteroatoms. The molecule has 0 saturated carbocycles. The number of para-hydroxylation sites is 1. The van der Waals surface area contributed by atoms with Crippen LogP contribution in [0.1, 0.15) is 63.2 Å². The van der Waals surface area contributed by atoms with Crippen molar-refractivity contribution in [1.29, 1.82) is 0 Å². The van der Waals surface area contributed by atoms with Crippen molar-refractivity contribution in [3.63, 3.8) is 0 Å². The summed E-state index contributed by atoms with van der Waals surface area (Å²) in [6, 6.07) is 7.43. The summed E-state index contributed by atoms with van der Waals surface area (Å²) in [6.45, 7) is 7.88. The van der Waals surface area contributed by atoms with E-state index in [-0.39, 0.29) is 17.9 Å². The number of fused-ring (bicyclic) bond motifs is 1. The molecule has 27 heavy (non-hydrogen) atoms. The van der Waals surface area contributed by atoms with Crippen LogP contribution in [0.25, 0.3) is 0 Å². The number of hydrogen-bond donors (Lipinski definition) is 0. The number of ether oxygens (including phenoxy) is 1. The lowest BCUT2D eigenvalue weighted by atomic mass is 10.0. The summed E-state index contributed by atoms with van der Waals surface area (Å²) in [5.41, 5.74) is 0.592. The van der Waals surface area contributed by atoms with Gasteiger partial charge >= 0.3 is 0 Å². The molecule has 0 bridgehead atoms. The van der Waals surface area contributed by atoms with E-state index in [9.17, 15) is 9.59 Å². The first-order valence-corrected chi connectivity index (χ1v) is 10.1. The molecule has 0 N–H and O–H groups in total. The number of amides is 2. The molecule has 1 aliphatic heterocycles. The van der Waals surface area contributed by atoms with Gasteiger partial charge in [-0.2, -0.15) is 0 Å². The van der Waals surface area contributed by atoms with E-state index in [2.05, 4.69) is 13.8 Å². The second kappa shape index (κ2) is 10.3. The van der Waals surface area contributed by atoms with Crippen molar-refractivity contribution in [1.82, 2.24) is 9.80 Å². The van der Waals surface area contributed by atoms with Crippen molar-refractivity contribution in [2.24, 2.45) is 5.92 Å². The first kappa shape index (κ1) is 21.3. The van der Waals surface area contributed by atoms with Crippen molar-refractivity contribution < 1.29 is 14.3 Å². The zero-order valence-electron chi connectivity index (χ0n) is 17.2. The van der Waals surface area contributed by atoms with Gasteiger partial charge in [0.2, 0.25) is 5.91 Å². The van der Waals surface area contributed by atoms with Gasteiger partial charge in [-0.05, 0) is 37.3 Å². The Morgan fingerprint density at radius 2 is 1.81 bits per heavy atom. The third-order valence-corrected chi connectivity index (χ3v) is 5.13. The van der Waals surface area contributed by atoms with Crippen LogP contribution in [0.4, 0.5) is 0 Å². The molecular formula is C22H34N2O3. The highest BCUT2D eigenvalue weighted by Gasteiger charge is 2.24. The predicted octanol–water partition coefficient (Wildman–Crippen LogP) is 3.97. The number of rotatable bonds is 2. The van der Waals surface area contributed by atoms with Crippen LogP contribution in [-0.4, -0.2) is 54.4 Å². The first-order chi connectivity index (χ1) is 12.9. The molecular weight excluding hydrogens is 340 g/mol. The van der Waals surface area contributed by atoms with Crippen LogP contribution >= 0.6 is 0 Å². The minimum atomic E-state index is -0.00788. The fraction of sp³-hybridized carbons (Fsp3) is 0.636. The molecule has 150 valence electrons. The van der Waals surface area contributed by atoms with Crippen LogP contribution < -0.4 is 4.74 Å². The summed E-state index contributed by atoms with van der Waals surface area (Å²) in [7, 11) is 1.85. The Morgan fingerprint density at radius 1 is 1.15 bits per heavy atom. The zero-order valence-corrected chi connectivity index (χ0v) is 17.2. The molecule has 0 spiro atoms. The molecule has 0 unspecified atom stereocenters. The van der Waals surface area contributed by atoms with E-state index in [0.717, 1.165) is 45.2 Å². The van der Waals surface area contributed by atoms with Crippen molar-refractivity contribution in [2.75, 3.05) is 26.7 Å². The van der Waals surface area contributed by atoms with E-state index in [0.29, 0.717) is 23.8 Å². The minimum Gasteiger partial charge on any atom is -0.491 e. The van der Waals surface area contributed by atoms with E-state index in [1.54, 1.807) is 11.8 Å². The van der Waals surface area contributed by atoms with Gasteiger partial charge in [-0.15, -0.1) is 0 Å². The topological polar surface area (TPSA) is 49.9 Å². The van der Waals surface area contributed by atoms with Crippen molar-refractivity contribution in [3.05, 3.63) is 29.8 Å². The summed E-state index contributed by atoms with van der Waals surface area (Å²) in [5, 5.41) is 0. The van der Waals surface area contributed by atoms with Crippen LogP contribution in [0.2, 0.25) is 0 Å². The summed E-state index contributed by atoms with van der Waals surface area (Å²) >= 11 is 0. The number of carbonyl (C=O) groups is 2. The van der Waals surface area contributed by atoms with E-state index in [1.807, 2.05) is 36.2 Å². The Bertz CT molecular complexity index is 630. The highest BCUT2D eigenvalue weighted by atomic mass is 16.5. The zero-order chi connectivity index (χ0) is 19.8. The molecule has 2 rings (SSSR count). The standard InChI is InChI=1S/C22H34N2O3/c1-17(2)15-19-16-27-21-12-8-7-11-20(21)22(26)23(4)13-9-5-6-10-14-24(19)18(3)25/h7-8,11-12,17,19H,5-6,9-10,13-16H2,1-4H3/t19-/m0/s1. The molecule has 0 saturated heterocycles. The Hall–Kier alpha value is -2.04. The normalized spacial score (nSPS) is 20.0. The quantitative estimate of drug-likeness (QED) is 0.787. The third kappa shape index (κ3) is 6.26. The van der Waals surface area contributed by atoms with Gasteiger partial charge in [0.05, 0.1) is 11.6 Å². The highest BCUT2D eigenvalue weighted by molar-refractivity contribution is 5.96. The summed E-state index contributed by atoms with van der Waals surface area (Å²) in [6.07, 6.45) is 4.98. The second-order valence-electron chi connectivity index (χ2n) is 7.94. The number of carbonyl (C=O) groups excluding carboxylic acids is 2. The van der Waals surface area contributed by atoms with Crippen LogP contribution in [0.15, 0.2) is 24.3 Å². The molecule has 1 aromatic rings. The van der Waals surface area contributed by atoms with Crippen molar-refractivity contribution in [2.45, 2.75) is 58.9 Å². The molecule has 0 aromatic heterocycles. The maximum Gasteiger partial charge on any atom is 0.257 e. The largest absolute Gasteiger partial charge is 0.491 e. The van der Waals surface area contributed by atoms with Crippen molar-refractivity contribution >= 4 is 11.8 Å². The lowest BCUT2D eigenvalue weighted by molar-refractivity contribution is -0.132. The Kier molecular flexibility index (Phi) is 8.14. The van der Waals surface area contributed by atoms with E-state index < -0.39 is 0 Å². The third-order valence-electron chi connectivity index (χ3n) is 5.13. The lowest BCUT2D eigenvalue weighted by Gasteiger charge is -2.32. The molecule has 1 atom stereocenters. The number of benzene rings is 1. The minimum absolute atomic E-state index is 0.00788. The van der Waals surface area contributed by atoms with E-state index in [4.69, 9.17) is 4.74 Å². The maximum atomic E-state index is 12.8. The molecule has 1 heterocycles. The molecule has 1 aliphatic rings. The number of hydrogen-bond acceptors (Lipinski definition) is 3. The first-order valence-electron chi connectivity index (χ1n) is 10.1. The smallest absolute Gasteiger partial charge is 0.257 e.